The smallest absolute Gasteiger partial charge is 0.127 e. The van der Waals surface area contributed by atoms with E-state index in [1.165, 1.54) is 0 Å². The van der Waals surface area contributed by atoms with Gasteiger partial charge < -0.3 is 19.3 Å². The van der Waals surface area contributed by atoms with E-state index in [2.05, 4.69) is 11.0 Å². The van der Waals surface area contributed by atoms with E-state index in [9.17, 15) is 5.11 Å². The van der Waals surface area contributed by atoms with Gasteiger partial charge in [0.05, 0.1) is 21.3 Å². The molecule has 1 aliphatic heterocycles. The van der Waals surface area contributed by atoms with Crippen LogP contribution < -0.4 is 14.2 Å². The second-order valence-corrected chi connectivity index (χ2v) is 7.39. The summed E-state index contributed by atoms with van der Waals surface area (Å²) in [7, 11) is 5.02. The quantitative estimate of drug-likeness (QED) is 0.645. The van der Waals surface area contributed by atoms with Gasteiger partial charge in [0.15, 0.2) is 0 Å². The summed E-state index contributed by atoms with van der Waals surface area (Å²) < 4.78 is 16.4. The molecule has 0 spiro atoms. The Balaban J connectivity index is 1.70. The van der Waals surface area contributed by atoms with Gasteiger partial charge in [-0.1, -0.05) is 18.2 Å². The first-order valence-electron chi connectivity index (χ1n) is 9.89. The van der Waals surface area contributed by atoms with Crippen LogP contribution in [-0.2, 0) is 6.54 Å². The van der Waals surface area contributed by atoms with Gasteiger partial charge in [-0.3, -0.25) is 4.90 Å². The number of hydrogen-bond donors (Lipinski definition) is 1. The van der Waals surface area contributed by atoms with Gasteiger partial charge in [-0.05, 0) is 54.4 Å². The number of methoxy groups -OCH3 is 3. The van der Waals surface area contributed by atoms with E-state index in [0.29, 0.717) is 12.3 Å². The Bertz CT molecular complexity index is 1020. The van der Waals surface area contributed by atoms with Gasteiger partial charge in [0.1, 0.15) is 23.0 Å². The molecule has 0 unspecified atom stereocenters. The van der Waals surface area contributed by atoms with E-state index in [0.717, 1.165) is 58.5 Å². The number of rotatable bonds is 6. The molecule has 1 saturated heterocycles. The van der Waals surface area contributed by atoms with Crippen molar-refractivity contribution in [2.24, 2.45) is 0 Å². The van der Waals surface area contributed by atoms with E-state index in [-0.39, 0.29) is 6.04 Å². The van der Waals surface area contributed by atoms with E-state index >= 15 is 0 Å². The number of benzene rings is 3. The van der Waals surface area contributed by atoms with Crippen molar-refractivity contribution >= 4 is 10.8 Å². The third kappa shape index (κ3) is 3.70. The predicted octanol–water partition coefficient (Wildman–Crippen LogP) is 4.91. The van der Waals surface area contributed by atoms with Crippen molar-refractivity contribution in [3.8, 4) is 23.0 Å². The fourth-order valence-corrected chi connectivity index (χ4v) is 4.31. The highest BCUT2D eigenvalue weighted by Gasteiger charge is 2.29. The first-order chi connectivity index (χ1) is 14.1. The summed E-state index contributed by atoms with van der Waals surface area (Å²) in [6.07, 6.45) is 2.16. The zero-order valence-electron chi connectivity index (χ0n) is 17.1. The molecule has 0 amide bonds. The second kappa shape index (κ2) is 8.21. The summed E-state index contributed by atoms with van der Waals surface area (Å²) in [5.74, 6) is 2.73. The molecule has 1 aliphatic rings. The van der Waals surface area contributed by atoms with Crippen LogP contribution in [0.1, 0.15) is 30.0 Å². The van der Waals surface area contributed by atoms with Crippen LogP contribution >= 0.6 is 0 Å². The second-order valence-electron chi connectivity index (χ2n) is 7.39. The number of aromatic hydroxyl groups is 1. The first kappa shape index (κ1) is 19.4. The molecule has 0 aromatic heterocycles. The van der Waals surface area contributed by atoms with E-state index in [1.807, 2.05) is 36.4 Å². The molecule has 29 heavy (non-hydrogen) atoms. The molecular formula is C24H27NO4. The SMILES string of the molecule is COc1ccc([C@H]2CCCN2Cc2c(O)ccc3ccc(OC)cc23)c(OC)c1. The standard InChI is InChI=1S/C24H27NO4/c1-27-17-8-6-16-7-11-23(26)21(20(16)13-17)15-25-12-4-5-22(25)19-10-9-18(28-2)14-24(19)29-3/h6-11,13-14,22,26H,4-5,12,15H2,1-3H3/t22-/m1/s1. The molecule has 0 aliphatic carbocycles. The Morgan fingerprint density at radius 1 is 0.931 bits per heavy atom. The first-order valence-corrected chi connectivity index (χ1v) is 9.89. The highest BCUT2D eigenvalue weighted by atomic mass is 16.5. The third-order valence-corrected chi connectivity index (χ3v) is 5.84. The summed E-state index contributed by atoms with van der Waals surface area (Å²) in [5.41, 5.74) is 2.09. The van der Waals surface area contributed by atoms with Crippen molar-refractivity contribution in [1.82, 2.24) is 4.90 Å². The van der Waals surface area contributed by atoms with Crippen LogP contribution in [0.5, 0.6) is 23.0 Å². The minimum absolute atomic E-state index is 0.233. The summed E-state index contributed by atoms with van der Waals surface area (Å²) in [6, 6.07) is 16.0. The number of ether oxygens (including phenoxy) is 3. The van der Waals surface area contributed by atoms with Gasteiger partial charge in [-0.15, -0.1) is 0 Å². The van der Waals surface area contributed by atoms with Crippen LogP contribution in [-0.4, -0.2) is 37.9 Å². The van der Waals surface area contributed by atoms with Gasteiger partial charge in [-0.2, -0.15) is 0 Å². The monoisotopic (exact) mass is 393 g/mol. The summed E-state index contributed by atoms with van der Waals surface area (Å²) in [5, 5.41) is 12.8. The fourth-order valence-electron chi connectivity index (χ4n) is 4.31. The van der Waals surface area contributed by atoms with Crippen LogP contribution in [0.2, 0.25) is 0 Å². The number of fused-ring (bicyclic) bond motifs is 1. The Morgan fingerprint density at radius 3 is 2.41 bits per heavy atom. The lowest BCUT2D eigenvalue weighted by Crippen LogP contribution is -2.23. The van der Waals surface area contributed by atoms with E-state index in [1.54, 1.807) is 27.4 Å². The highest BCUT2D eigenvalue weighted by molar-refractivity contribution is 5.89. The maximum Gasteiger partial charge on any atom is 0.127 e. The molecule has 0 bridgehead atoms. The molecule has 152 valence electrons. The molecule has 4 rings (SSSR count). The van der Waals surface area contributed by atoms with Crippen LogP contribution in [0.3, 0.4) is 0 Å². The Labute approximate surface area is 171 Å². The maximum atomic E-state index is 10.6. The van der Waals surface area contributed by atoms with Crippen molar-refractivity contribution in [2.75, 3.05) is 27.9 Å². The molecule has 5 heteroatoms. The van der Waals surface area contributed by atoms with Crippen molar-refractivity contribution in [1.29, 1.82) is 0 Å². The lowest BCUT2D eigenvalue weighted by atomic mass is 10.00. The largest absolute Gasteiger partial charge is 0.508 e. The Hall–Kier alpha value is -2.92. The van der Waals surface area contributed by atoms with Gasteiger partial charge in [0.25, 0.3) is 0 Å². The highest BCUT2D eigenvalue weighted by Crippen LogP contribution is 2.41. The summed E-state index contributed by atoms with van der Waals surface area (Å²) in [6.45, 7) is 1.63. The Morgan fingerprint density at radius 2 is 1.66 bits per heavy atom. The van der Waals surface area contributed by atoms with Crippen LogP contribution in [0.4, 0.5) is 0 Å². The van der Waals surface area contributed by atoms with Crippen molar-refractivity contribution in [2.45, 2.75) is 25.4 Å². The maximum absolute atomic E-state index is 10.6. The molecule has 0 radical (unpaired) electrons. The number of phenols is 1. The third-order valence-electron chi connectivity index (χ3n) is 5.84. The van der Waals surface area contributed by atoms with Crippen LogP contribution in [0.25, 0.3) is 10.8 Å². The van der Waals surface area contributed by atoms with Crippen molar-refractivity contribution in [3.63, 3.8) is 0 Å². The minimum Gasteiger partial charge on any atom is -0.508 e. The average molecular weight is 393 g/mol. The molecule has 1 fully saturated rings. The van der Waals surface area contributed by atoms with Gasteiger partial charge in [-0.25, -0.2) is 0 Å². The topological polar surface area (TPSA) is 51.2 Å². The van der Waals surface area contributed by atoms with Crippen molar-refractivity contribution in [3.05, 3.63) is 59.7 Å². The molecule has 1 N–H and O–H groups in total. The number of hydrogen-bond acceptors (Lipinski definition) is 5. The van der Waals surface area contributed by atoms with Crippen molar-refractivity contribution < 1.29 is 19.3 Å². The van der Waals surface area contributed by atoms with Gasteiger partial charge in [0, 0.05) is 29.8 Å². The number of nitrogens with zero attached hydrogens (tertiary/aromatic N) is 1. The van der Waals surface area contributed by atoms with E-state index < -0.39 is 0 Å². The molecular weight excluding hydrogens is 366 g/mol. The molecule has 1 atom stereocenters. The fraction of sp³-hybridized carbons (Fsp3) is 0.333. The Kier molecular flexibility index (Phi) is 5.49. The van der Waals surface area contributed by atoms with Gasteiger partial charge in [0.2, 0.25) is 0 Å². The molecule has 0 saturated carbocycles. The normalized spacial score (nSPS) is 16.9. The number of phenolic OH excluding ortho intramolecular Hbond substituents is 1. The summed E-state index contributed by atoms with van der Waals surface area (Å²) >= 11 is 0. The number of likely N-dealkylation sites (tertiary alicyclic amines) is 1. The summed E-state index contributed by atoms with van der Waals surface area (Å²) in [4.78, 5) is 2.41. The lowest BCUT2D eigenvalue weighted by Gasteiger charge is -2.27. The zero-order chi connectivity index (χ0) is 20.4. The van der Waals surface area contributed by atoms with Gasteiger partial charge >= 0.3 is 0 Å². The van der Waals surface area contributed by atoms with Crippen LogP contribution in [0.15, 0.2) is 48.5 Å². The molecule has 1 heterocycles. The zero-order valence-corrected chi connectivity index (χ0v) is 17.1. The molecule has 3 aromatic carbocycles. The minimum atomic E-state index is 0.233. The van der Waals surface area contributed by atoms with Crippen LogP contribution in [0, 0.1) is 0 Å². The van der Waals surface area contributed by atoms with E-state index in [4.69, 9.17) is 14.2 Å². The predicted molar refractivity (Wildman–Crippen MR) is 114 cm³/mol. The molecule has 5 nitrogen and oxygen atoms in total. The lowest BCUT2D eigenvalue weighted by molar-refractivity contribution is 0.240. The average Bonchev–Trinajstić information content (AvgIpc) is 3.22. The molecule has 3 aromatic rings.